The highest BCUT2D eigenvalue weighted by atomic mass is 14.9. The monoisotopic (exact) mass is 255 g/mol. The van der Waals surface area contributed by atoms with Crippen LogP contribution in [0.5, 0.6) is 0 Å². The number of aryl methyl sites for hydroxylation is 1. The summed E-state index contributed by atoms with van der Waals surface area (Å²) >= 11 is 0. The van der Waals surface area contributed by atoms with Gasteiger partial charge in [-0.2, -0.15) is 0 Å². The molecule has 0 aliphatic heterocycles. The molecule has 0 aliphatic rings. The molecular weight excluding hydrogens is 234 g/mol. The lowest BCUT2D eigenvalue weighted by Gasteiger charge is -2.09. The van der Waals surface area contributed by atoms with Crippen LogP contribution in [0.3, 0.4) is 0 Å². The van der Waals surface area contributed by atoms with E-state index in [-0.39, 0.29) is 0 Å². The Balaban J connectivity index is 1.89. The minimum atomic E-state index is 0.911. The van der Waals surface area contributed by atoms with E-state index >= 15 is 0 Å². The number of aromatic nitrogens is 1. The van der Waals surface area contributed by atoms with Crippen LogP contribution in [0.1, 0.15) is 18.1 Å². The Bertz CT molecular complexity index is 523. The number of pyridine rings is 1. The number of nitrogens with one attached hydrogen (secondary N) is 2. The Morgan fingerprint density at radius 3 is 2.53 bits per heavy atom. The first-order valence-corrected chi connectivity index (χ1v) is 6.77. The van der Waals surface area contributed by atoms with Gasteiger partial charge in [-0.1, -0.05) is 24.3 Å². The van der Waals surface area contributed by atoms with Crippen LogP contribution in [0.15, 0.2) is 42.7 Å². The highest BCUT2D eigenvalue weighted by Gasteiger charge is 1.98. The maximum absolute atomic E-state index is 4.22. The van der Waals surface area contributed by atoms with Crippen LogP contribution in [-0.2, 0) is 6.42 Å². The third-order valence-corrected chi connectivity index (χ3v) is 3.10. The summed E-state index contributed by atoms with van der Waals surface area (Å²) in [5, 5.41) is 6.68. The lowest BCUT2D eigenvalue weighted by Crippen LogP contribution is -2.06. The zero-order valence-corrected chi connectivity index (χ0v) is 11.6. The molecule has 0 amide bonds. The summed E-state index contributed by atoms with van der Waals surface area (Å²) in [5.41, 5.74) is 4.87. The number of benzene rings is 1. The zero-order valence-electron chi connectivity index (χ0n) is 11.6. The van der Waals surface area contributed by atoms with Crippen molar-refractivity contribution in [2.75, 3.05) is 23.7 Å². The second kappa shape index (κ2) is 6.78. The summed E-state index contributed by atoms with van der Waals surface area (Å²) in [5.74, 6) is 0. The van der Waals surface area contributed by atoms with Crippen molar-refractivity contribution in [3.63, 3.8) is 0 Å². The number of hydrogen-bond donors (Lipinski definition) is 2. The van der Waals surface area contributed by atoms with Gasteiger partial charge in [-0.3, -0.25) is 4.98 Å². The van der Waals surface area contributed by atoms with E-state index in [1.54, 1.807) is 0 Å². The van der Waals surface area contributed by atoms with Crippen molar-refractivity contribution < 1.29 is 0 Å². The molecule has 0 fully saturated rings. The topological polar surface area (TPSA) is 37.0 Å². The average molecular weight is 255 g/mol. The van der Waals surface area contributed by atoms with Crippen LogP contribution in [0.4, 0.5) is 11.4 Å². The van der Waals surface area contributed by atoms with Gasteiger partial charge in [-0.25, -0.2) is 0 Å². The van der Waals surface area contributed by atoms with Gasteiger partial charge in [0.2, 0.25) is 0 Å². The molecule has 0 radical (unpaired) electrons. The Labute approximate surface area is 115 Å². The molecule has 0 saturated heterocycles. The summed E-state index contributed by atoms with van der Waals surface area (Å²) in [7, 11) is 0. The SMILES string of the molecule is CCNc1cncc(NCCc2ccccc2C)c1. The van der Waals surface area contributed by atoms with Gasteiger partial charge in [-0.15, -0.1) is 0 Å². The molecule has 2 rings (SSSR count). The van der Waals surface area contributed by atoms with Crippen LogP contribution in [-0.4, -0.2) is 18.1 Å². The van der Waals surface area contributed by atoms with E-state index < -0.39 is 0 Å². The van der Waals surface area contributed by atoms with Crippen molar-refractivity contribution in [2.24, 2.45) is 0 Å². The molecule has 100 valence electrons. The van der Waals surface area contributed by atoms with Crippen LogP contribution < -0.4 is 10.6 Å². The molecule has 2 N–H and O–H groups in total. The Morgan fingerprint density at radius 2 is 1.79 bits per heavy atom. The molecular formula is C16H21N3. The van der Waals surface area contributed by atoms with E-state index in [0.29, 0.717) is 0 Å². The molecule has 1 heterocycles. The van der Waals surface area contributed by atoms with E-state index in [1.165, 1.54) is 11.1 Å². The van der Waals surface area contributed by atoms with Crippen LogP contribution in [0.2, 0.25) is 0 Å². The van der Waals surface area contributed by atoms with Gasteiger partial charge in [-0.05, 0) is 37.5 Å². The highest BCUT2D eigenvalue weighted by molar-refractivity contribution is 5.53. The van der Waals surface area contributed by atoms with Crippen molar-refractivity contribution in [1.29, 1.82) is 0 Å². The molecule has 0 unspecified atom stereocenters. The summed E-state index contributed by atoms with van der Waals surface area (Å²) in [4.78, 5) is 4.22. The molecule has 0 aliphatic carbocycles. The molecule has 0 saturated carbocycles. The lowest BCUT2D eigenvalue weighted by atomic mass is 10.1. The molecule has 0 spiro atoms. The van der Waals surface area contributed by atoms with Crippen LogP contribution in [0.25, 0.3) is 0 Å². The van der Waals surface area contributed by atoms with E-state index in [4.69, 9.17) is 0 Å². The molecule has 3 nitrogen and oxygen atoms in total. The Hall–Kier alpha value is -2.03. The highest BCUT2D eigenvalue weighted by Crippen LogP contribution is 2.13. The molecule has 0 bridgehead atoms. The van der Waals surface area contributed by atoms with Gasteiger partial charge >= 0.3 is 0 Å². The average Bonchev–Trinajstić information content (AvgIpc) is 2.42. The number of anilines is 2. The van der Waals surface area contributed by atoms with Crippen LogP contribution >= 0.6 is 0 Å². The van der Waals surface area contributed by atoms with Gasteiger partial charge in [0.05, 0.1) is 23.8 Å². The third kappa shape index (κ3) is 3.98. The smallest absolute Gasteiger partial charge is 0.0547 e. The standard InChI is InChI=1S/C16H21N3/c1-3-18-15-10-16(12-17-11-15)19-9-8-14-7-5-4-6-13(14)2/h4-7,10-12,18-19H,3,8-9H2,1-2H3. The largest absolute Gasteiger partial charge is 0.384 e. The molecule has 19 heavy (non-hydrogen) atoms. The van der Waals surface area contributed by atoms with Crippen molar-refractivity contribution in [3.05, 3.63) is 53.9 Å². The predicted molar refractivity (Wildman–Crippen MR) is 81.8 cm³/mol. The van der Waals surface area contributed by atoms with Gasteiger partial charge in [0.25, 0.3) is 0 Å². The summed E-state index contributed by atoms with van der Waals surface area (Å²) < 4.78 is 0. The van der Waals surface area contributed by atoms with Gasteiger partial charge < -0.3 is 10.6 Å². The Morgan fingerprint density at radius 1 is 1.05 bits per heavy atom. The lowest BCUT2D eigenvalue weighted by molar-refractivity contribution is 1.00. The normalized spacial score (nSPS) is 10.2. The minimum Gasteiger partial charge on any atom is -0.384 e. The molecule has 1 aromatic heterocycles. The zero-order chi connectivity index (χ0) is 13.5. The first kappa shape index (κ1) is 13.4. The minimum absolute atomic E-state index is 0.911. The summed E-state index contributed by atoms with van der Waals surface area (Å²) in [6.07, 6.45) is 4.73. The molecule has 1 aromatic carbocycles. The van der Waals surface area contributed by atoms with Crippen molar-refractivity contribution >= 4 is 11.4 Å². The molecule has 2 aromatic rings. The van der Waals surface area contributed by atoms with Gasteiger partial charge in [0.1, 0.15) is 0 Å². The fourth-order valence-corrected chi connectivity index (χ4v) is 2.07. The maximum atomic E-state index is 4.22. The molecule has 3 heteroatoms. The van der Waals surface area contributed by atoms with E-state index in [9.17, 15) is 0 Å². The fraction of sp³-hybridized carbons (Fsp3) is 0.312. The van der Waals surface area contributed by atoms with E-state index in [1.807, 2.05) is 12.4 Å². The summed E-state index contributed by atoms with van der Waals surface area (Å²) in [6, 6.07) is 10.6. The first-order valence-electron chi connectivity index (χ1n) is 6.77. The van der Waals surface area contributed by atoms with Crippen molar-refractivity contribution in [2.45, 2.75) is 20.3 Å². The first-order chi connectivity index (χ1) is 9.29. The summed E-state index contributed by atoms with van der Waals surface area (Å²) in [6.45, 7) is 6.07. The van der Waals surface area contributed by atoms with Gasteiger partial charge in [0, 0.05) is 13.1 Å². The van der Waals surface area contributed by atoms with E-state index in [0.717, 1.165) is 30.9 Å². The second-order valence-corrected chi connectivity index (χ2v) is 4.60. The maximum Gasteiger partial charge on any atom is 0.0547 e. The number of rotatable bonds is 6. The number of nitrogens with zero attached hydrogens (tertiary/aromatic N) is 1. The number of hydrogen-bond acceptors (Lipinski definition) is 3. The third-order valence-electron chi connectivity index (χ3n) is 3.10. The fourth-order valence-electron chi connectivity index (χ4n) is 2.07. The Kier molecular flexibility index (Phi) is 4.78. The predicted octanol–water partition coefficient (Wildman–Crippen LogP) is 3.48. The van der Waals surface area contributed by atoms with Gasteiger partial charge in [0.15, 0.2) is 0 Å². The van der Waals surface area contributed by atoms with Crippen molar-refractivity contribution in [3.8, 4) is 0 Å². The quantitative estimate of drug-likeness (QED) is 0.829. The molecule has 0 atom stereocenters. The van der Waals surface area contributed by atoms with Crippen molar-refractivity contribution in [1.82, 2.24) is 4.98 Å². The second-order valence-electron chi connectivity index (χ2n) is 4.60. The van der Waals surface area contributed by atoms with Crippen LogP contribution in [0, 0.1) is 6.92 Å². The van der Waals surface area contributed by atoms with E-state index in [2.05, 4.69) is 59.8 Å².